The summed E-state index contributed by atoms with van der Waals surface area (Å²) in [5, 5.41) is 21.3. The van der Waals surface area contributed by atoms with Crippen molar-refractivity contribution in [3.8, 4) is 0 Å². The van der Waals surface area contributed by atoms with Crippen LogP contribution in [0.25, 0.3) is 0 Å². The predicted octanol–water partition coefficient (Wildman–Crippen LogP) is 8.64. The number of hydrogen-bond acceptors (Lipinski definition) is 9. The minimum atomic E-state index is -3.31. The minimum Gasteiger partial charge on any atom is -0.396 e. The van der Waals surface area contributed by atoms with Crippen molar-refractivity contribution in [3.05, 3.63) is 69.7 Å². The zero-order valence-corrected chi connectivity index (χ0v) is 37.4. The summed E-state index contributed by atoms with van der Waals surface area (Å²) < 4.78 is 31.6. The van der Waals surface area contributed by atoms with Crippen molar-refractivity contribution in [2.45, 2.75) is 103 Å². The van der Waals surface area contributed by atoms with Crippen molar-refractivity contribution in [1.82, 2.24) is 15.1 Å². The molecule has 0 unspecified atom stereocenters. The topological polar surface area (TPSA) is 112 Å². The summed E-state index contributed by atoms with van der Waals surface area (Å²) in [6, 6.07) is 15.6. The van der Waals surface area contributed by atoms with Gasteiger partial charge in [-0.25, -0.2) is 0 Å². The highest BCUT2D eigenvalue weighted by Crippen LogP contribution is 2.13. The molecular formula is C43H74Cl3N3O6S. The lowest BCUT2D eigenvalue weighted by Crippen LogP contribution is -2.31. The van der Waals surface area contributed by atoms with Gasteiger partial charge in [-0.1, -0.05) is 66.7 Å². The lowest BCUT2D eigenvalue weighted by atomic mass is 10.1. The number of alkyl halides is 1. The first-order valence-electron chi connectivity index (χ1n) is 21.0. The number of nitrogens with one attached hydrogen (secondary N) is 1. The van der Waals surface area contributed by atoms with Gasteiger partial charge in [0.2, 0.25) is 0 Å². The molecule has 3 heterocycles. The molecule has 0 atom stereocenters. The number of piperidine rings is 3. The highest BCUT2D eigenvalue weighted by molar-refractivity contribution is 7.85. The molecule has 0 aromatic heterocycles. The smallest absolute Gasteiger partial charge is 0.264 e. The third-order valence-electron chi connectivity index (χ3n) is 9.28. The molecule has 3 saturated heterocycles. The van der Waals surface area contributed by atoms with Gasteiger partial charge in [-0.15, -0.1) is 11.6 Å². The Morgan fingerprint density at radius 2 is 1.04 bits per heavy atom. The molecule has 0 saturated carbocycles. The second-order valence-electron chi connectivity index (χ2n) is 14.4. The second kappa shape index (κ2) is 37.0. The Morgan fingerprint density at radius 1 is 0.607 bits per heavy atom. The molecule has 0 aliphatic carbocycles. The average molecular weight is 868 g/mol. The molecule has 5 rings (SSSR count). The van der Waals surface area contributed by atoms with E-state index in [1.54, 1.807) is 0 Å². The number of rotatable bonds is 18. The molecule has 9 nitrogen and oxygen atoms in total. The first-order chi connectivity index (χ1) is 27.2. The third kappa shape index (κ3) is 33.9. The van der Waals surface area contributed by atoms with Crippen LogP contribution in [0.3, 0.4) is 0 Å². The Kier molecular flexibility index (Phi) is 35.0. The van der Waals surface area contributed by atoms with E-state index in [4.69, 9.17) is 49.8 Å². The van der Waals surface area contributed by atoms with Crippen LogP contribution in [-0.4, -0.2) is 126 Å². The van der Waals surface area contributed by atoms with Crippen LogP contribution in [0.15, 0.2) is 48.5 Å². The molecule has 3 aliphatic rings. The van der Waals surface area contributed by atoms with E-state index in [0.29, 0.717) is 30.4 Å². The maximum Gasteiger partial charge on any atom is 0.264 e. The van der Waals surface area contributed by atoms with Crippen LogP contribution in [0.5, 0.6) is 0 Å². The molecule has 2 aromatic carbocycles. The largest absolute Gasteiger partial charge is 0.396 e. The van der Waals surface area contributed by atoms with Crippen molar-refractivity contribution in [3.63, 3.8) is 0 Å². The molecule has 3 aliphatic heterocycles. The fourth-order valence-electron chi connectivity index (χ4n) is 6.18. The number of likely N-dealkylation sites (tertiary alicyclic amines) is 2. The van der Waals surface area contributed by atoms with Gasteiger partial charge < -0.3 is 30.1 Å². The molecule has 0 amide bonds. The first-order valence-corrected chi connectivity index (χ1v) is 24.1. The Labute approximate surface area is 355 Å². The first kappa shape index (κ1) is 53.0. The van der Waals surface area contributed by atoms with E-state index >= 15 is 0 Å². The van der Waals surface area contributed by atoms with Crippen LogP contribution in [0.1, 0.15) is 101 Å². The number of aliphatic hydroxyl groups is 2. The summed E-state index contributed by atoms with van der Waals surface area (Å²) in [7, 11) is -3.31. The van der Waals surface area contributed by atoms with E-state index in [1.165, 1.54) is 116 Å². The van der Waals surface area contributed by atoms with Crippen molar-refractivity contribution in [1.29, 1.82) is 0 Å². The van der Waals surface area contributed by atoms with Gasteiger partial charge in [-0.3, -0.25) is 4.18 Å². The van der Waals surface area contributed by atoms with Crippen LogP contribution < -0.4 is 5.32 Å². The Morgan fingerprint density at radius 3 is 1.41 bits per heavy atom. The van der Waals surface area contributed by atoms with E-state index in [9.17, 15) is 8.42 Å². The molecule has 3 fully saturated rings. The van der Waals surface area contributed by atoms with Crippen molar-refractivity contribution < 1.29 is 27.6 Å². The number of aliphatic hydroxyl groups excluding tert-OH is 2. The number of ether oxygens (including phenoxy) is 1. The summed E-state index contributed by atoms with van der Waals surface area (Å²) in [6.45, 7) is 12.4. The summed E-state index contributed by atoms with van der Waals surface area (Å²) in [4.78, 5) is 5.01. The van der Waals surface area contributed by atoms with Gasteiger partial charge in [-0.2, -0.15) is 8.42 Å². The molecular weight excluding hydrogens is 793 g/mol. The fraction of sp³-hybridized carbons (Fsp3) is 0.721. The number of aryl methyl sites for hydroxylation is 2. The number of halogens is 3. The normalized spacial score (nSPS) is 16.1. The lowest BCUT2D eigenvalue weighted by molar-refractivity contribution is 0.115. The monoisotopic (exact) mass is 865 g/mol. The van der Waals surface area contributed by atoms with Crippen LogP contribution in [0, 0.1) is 0 Å². The van der Waals surface area contributed by atoms with E-state index in [0.717, 1.165) is 62.3 Å². The van der Waals surface area contributed by atoms with Gasteiger partial charge in [0, 0.05) is 55.4 Å². The standard InChI is InChI=1S/C17H26ClNO.C10H13ClO3S.C8H17NO.C5H11N.C3H7ClO/c18-17-9-7-16(8-10-17)6-4-14-20-15-5-13-19-11-2-1-3-12-19;1-15(12,13)14-8-2-3-9-4-6-10(11)7-5-9;10-8-4-7-9-5-2-1-3-6-9;1-2-4-6-5-3-1;4-2-1-3-5/h7-10H,1-6,11-15H2;4-7H,2-3,8H2,1H3;10H,1-8H2;6H,1-5H2;5H,1-3H2. The maximum absolute atomic E-state index is 10.6. The fourth-order valence-corrected chi connectivity index (χ4v) is 6.97. The highest BCUT2D eigenvalue weighted by atomic mass is 35.5. The Hall–Kier alpha value is -1.02. The van der Waals surface area contributed by atoms with E-state index in [1.807, 2.05) is 36.4 Å². The van der Waals surface area contributed by atoms with E-state index < -0.39 is 10.1 Å². The molecule has 0 bridgehead atoms. The van der Waals surface area contributed by atoms with Gasteiger partial charge in [0.25, 0.3) is 10.1 Å². The van der Waals surface area contributed by atoms with Gasteiger partial charge >= 0.3 is 0 Å². The van der Waals surface area contributed by atoms with Crippen LogP contribution in [0.4, 0.5) is 0 Å². The van der Waals surface area contributed by atoms with Gasteiger partial charge in [0.05, 0.1) is 12.9 Å². The van der Waals surface area contributed by atoms with Crippen LogP contribution >= 0.6 is 34.8 Å². The Balaban J connectivity index is 0.000000382. The SMILES string of the molecule is C1CCNCC1.CS(=O)(=O)OCCCc1ccc(Cl)cc1.Clc1ccc(CCCOCCCN2CCCCC2)cc1.OCCCCl.OCCCN1CCCCC1. The maximum atomic E-state index is 10.6. The number of benzene rings is 2. The summed E-state index contributed by atoms with van der Waals surface area (Å²) in [6.07, 6.45) is 20.0. The highest BCUT2D eigenvalue weighted by Gasteiger charge is 2.09. The van der Waals surface area contributed by atoms with E-state index in [-0.39, 0.29) is 13.2 Å². The summed E-state index contributed by atoms with van der Waals surface area (Å²) in [5.74, 6) is 0.566. The quantitative estimate of drug-likeness (QED) is 0.0771. The third-order valence-corrected chi connectivity index (χ3v) is 10.6. The molecule has 56 heavy (non-hydrogen) atoms. The van der Waals surface area contributed by atoms with Crippen LogP contribution in [0.2, 0.25) is 10.0 Å². The zero-order valence-electron chi connectivity index (χ0n) is 34.3. The number of hydrogen-bond donors (Lipinski definition) is 3. The van der Waals surface area contributed by atoms with Gasteiger partial charge in [0.15, 0.2) is 0 Å². The molecule has 13 heteroatoms. The van der Waals surface area contributed by atoms with Crippen molar-refractivity contribution in [2.75, 3.05) is 97.5 Å². The predicted molar refractivity (Wildman–Crippen MR) is 237 cm³/mol. The van der Waals surface area contributed by atoms with Gasteiger partial charge in [0.1, 0.15) is 0 Å². The second-order valence-corrected chi connectivity index (χ2v) is 17.3. The van der Waals surface area contributed by atoms with Gasteiger partial charge in [-0.05, 0) is 158 Å². The van der Waals surface area contributed by atoms with Crippen LogP contribution in [-0.2, 0) is 31.9 Å². The lowest BCUT2D eigenvalue weighted by Gasteiger charge is -2.26. The van der Waals surface area contributed by atoms with Crippen molar-refractivity contribution >= 4 is 44.9 Å². The zero-order chi connectivity index (χ0) is 41.0. The molecule has 3 N–H and O–H groups in total. The van der Waals surface area contributed by atoms with E-state index in [2.05, 4.69) is 31.4 Å². The molecule has 0 spiro atoms. The Bertz CT molecular complexity index is 1230. The minimum absolute atomic E-state index is 0.212. The molecule has 0 radical (unpaired) electrons. The number of nitrogens with zero attached hydrogens (tertiary/aromatic N) is 2. The average Bonchev–Trinajstić information content (AvgIpc) is 3.22. The molecule has 2 aromatic rings. The summed E-state index contributed by atoms with van der Waals surface area (Å²) in [5.41, 5.74) is 2.46. The molecule has 324 valence electrons. The van der Waals surface area contributed by atoms with Crippen molar-refractivity contribution in [2.24, 2.45) is 0 Å². The summed E-state index contributed by atoms with van der Waals surface area (Å²) >= 11 is 16.7.